The molecule has 0 radical (unpaired) electrons. The van der Waals surface area contributed by atoms with Crippen molar-refractivity contribution in [1.29, 1.82) is 0 Å². The van der Waals surface area contributed by atoms with Gasteiger partial charge in [-0.3, -0.25) is 9.69 Å². The summed E-state index contributed by atoms with van der Waals surface area (Å²) in [5, 5.41) is 14.8. The summed E-state index contributed by atoms with van der Waals surface area (Å²) in [4.78, 5) is 34.7. The molecule has 0 atom stereocenters. The molecule has 1 aliphatic heterocycles. The van der Waals surface area contributed by atoms with Gasteiger partial charge in [-0.15, -0.1) is 0 Å². The van der Waals surface area contributed by atoms with Crippen LogP contribution in [0.5, 0.6) is 0 Å². The lowest BCUT2D eigenvalue weighted by molar-refractivity contribution is -0.159. The topological polar surface area (TPSA) is 98.1 Å². The third kappa shape index (κ3) is 6.95. The monoisotopic (exact) mass is 466 g/mol. The number of amides is 1. The predicted molar refractivity (Wildman–Crippen MR) is 107 cm³/mol. The van der Waals surface area contributed by atoms with Crippen LogP contribution in [0.15, 0.2) is 53.0 Å². The zero-order valence-corrected chi connectivity index (χ0v) is 17.0. The second-order valence-electron chi connectivity index (χ2n) is 6.28. The summed E-state index contributed by atoms with van der Waals surface area (Å²) in [6, 6.07) is 14.1. The number of hydrogen-bond donors (Lipinski definition) is 2. The summed E-state index contributed by atoms with van der Waals surface area (Å²) in [7, 11) is 0. The van der Waals surface area contributed by atoms with E-state index in [9.17, 15) is 9.18 Å². The molecule has 0 unspecified atom stereocenters. The van der Waals surface area contributed by atoms with Gasteiger partial charge in [-0.05, 0) is 29.8 Å². The molecule has 0 aromatic heterocycles. The van der Waals surface area contributed by atoms with Gasteiger partial charge < -0.3 is 15.1 Å². The minimum Gasteiger partial charge on any atom is -0.473 e. The Balaban J connectivity index is 0.000000438. The largest absolute Gasteiger partial charge is 0.473 e. The number of halogens is 2. The number of benzene rings is 2. The average Bonchev–Trinajstić information content (AvgIpc) is 2.70. The van der Waals surface area contributed by atoms with E-state index in [1.165, 1.54) is 17.7 Å². The quantitative estimate of drug-likeness (QED) is 0.674. The first kappa shape index (κ1) is 22.5. The van der Waals surface area contributed by atoms with Gasteiger partial charge in [0.05, 0.1) is 0 Å². The van der Waals surface area contributed by atoms with Gasteiger partial charge >= 0.3 is 11.9 Å². The highest BCUT2D eigenvalue weighted by molar-refractivity contribution is 9.10. The lowest BCUT2D eigenvalue weighted by Gasteiger charge is -2.35. The molecular formula is C20H20BrFN2O5. The van der Waals surface area contributed by atoms with Crippen LogP contribution in [0.2, 0.25) is 0 Å². The van der Waals surface area contributed by atoms with Crippen molar-refractivity contribution in [3.05, 3.63) is 69.9 Å². The molecule has 2 N–H and O–H groups in total. The van der Waals surface area contributed by atoms with Crippen LogP contribution in [0.3, 0.4) is 0 Å². The molecule has 2 aromatic carbocycles. The van der Waals surface area contributed by atoms with Crippen LogP contribution in [0.1, 0.15) is 15.9 Å². The number of carbonyl (C=O) groups excluding carboxylic acids is 1. The number of piperazine rings is 1. The Kier molecular flexibility index (Phi) is 8.29. The van der Waals surface area contributed by atoms with Gasteiger partial charge in [-0.25, -0.2) is 14.0 Å². The van der Waals surface area contributed by atoms with Crippen LogP contribution < -0.4 is 0 Å². The van der Waals surface area contributed by atoms with Gasteiger partial charge in [0.2, 0.25) is 0 Å². The maximum atomic E-state index is 13.3. The second kappa shape index (κ2) is 10.7. The van der Waals surface area contributed by atoms with Crippen molar-refractivity contribution in [3.63, 3.8) is 0 Å². The van der Waals surface area contributed by atoms with Gasteiger partial charge in [-0.2, -0.15) is 0 Å². The van der Waals surface area contributed by atoms with Crippen molar-refractivity contribution in [2.45, 2.75) is 6.54 Å². The van der Waals surface area contributed by atoms with Gasteiger partial charge in [0, 0.05) is 42.8 Å². The van der Waals surface area contributed by atoms with Crippen molar-refractivity contribution >= 4 is 33.8 Å². The fourth-order valence-corrected chi connectivity index (χ4v) is 3.19. The number of carbonyl (C=O) groups is 3. The van der Waals surface area contributed by atoms with E-state index in [1.54, 1.807) is 17.0 Å². The van der Waals surface area contributed by atoms with Gasteiger partial charge in [0.15, 0.2) is 0 Å². The van der Waals surface area contributed by atoms with Crippen molar-refractivity contribution in [2.75, 3.05) is 26.2 Å². The van der Waals surface area contributed by atoms with Gasteiger partial charge in [0.25, 0.3) is 5.91 Å². The number of hydrogen-bond acceptors (Lipinski definition) is 4. The maximum absolute atomic E-state index is 13.3. The molecule has 0 bridgehead atoms. The van der Waals surface area contributed by atoms with E-state index in [-0.39, 0.29) is 11.7 Å². The number of carboxylic acids is 2. The Morgan fingerprint density at radius 1 is 0.931 bits per heavy atom. The van der Waals surface area contributed by atoms with E-state index in [0.717, 1.165) is 24.1 Å². The summed E-state index contributed by atoms with van der Waals surface area (Å²) < 4.78 is 14.4. The van der Waals surface area contributed by atoms with Gasteiger partial charge in [-0.1, -0.05) is 40.2 Å². The SMILES string of the molecule is O=C(O)C(=O)O.O=C(c1cccc(F)c1)N1CCN(Cc2ccccc2Br)CC1. The van der Waals surface area contributed by atoms with E-state index >= 15 is 0 Å². The Labute approximate surface area is 175 Å². The highest BCUT2D eigenvalue weighted by Crippen LogP contribution is 2.19. The molecule has 154 valence electrons. The summed E-state index contributed by atoms with van der Waals surface area (Å²) in [6.07, 6.45) is 0. The molecule has 29 heavy (non-hydrogen) atoms. The number of aliphatic carboxylic acids is 2. The van der Waals surface area contributed by atoms with Gasteiger partial charge in [0.1, 0.15) is 5.82 Å². The Hall–Kier alpha value is -2.78. The van der Waals surface area contributed by atoms with Crippen LogP contribution in [0.4, 0.5) is 4.39 Å². The number of rotatable bonds is 3. The van der Waals surface area contributed by atoms with Crippen LogP contribution in [-0.4, -0.2) is 64.0 Å². The Morgan fingerprint density at radius 3 is 2.10 bits per heavy atom. The summed E-state index contributed by atoms with van der Waals surface area (Å²) in [5.74, 6) is -4.11. The summed E-state index contributed by atoms with van der Waals surface area (Å²) in [5.41, 5.74) is 1.67. The second-order valence-corrected chi connectivity index (χ2v) is 7.13. The minimum atomic E-state index is -1.82. The molecule has 1 amide bonds. The zero-order chi connectivity index (χ0) is 21.4. The molecule has 0 aliphatic carbocycles. The molecule has 1 fully saturated rings. The Morgan fingerprint density at radius 2 is 1.55 bits per heavy atom. The third-order valence-electron chi connectivity index (χ3n) is 4.27. The lowest BCUT2D eigenvalue weighted by Crippen LogP contribution is -2.48. The van der Waals surface area contributed by atoms with Crippen molar-refractivity contribution in [2.24, 2.45) is 0 Å². The molecule has 3 rings (SSSR count). The molecule has 7 nitrogen and oxygen atoms in total. The standard InChI is InChI=1S/C18H18BrFN2O.C2H2O4/c19-17-7-2-1-4-15(17)13-21-8-10-22(11-9-21)18(23)14-5-3-6-16(20)12-14;3-1(4)2(5)6/h1-7,12H,8-11,13H2;(H,3,4)(H,5,6). The number of nitrogens with zero attached hydrogens (tertiary/aromatic N) is 2. The van der Waals surface area contributed by atoms with Crippen LogP contribution in [-0.2, 0) is 16.1 Å². The fraction of sp³-hybridized carbons (Fsp3) is 0.250. The van der Waals surface area contributed by atoms with E-state index in [0.29, 0.717) is 18.7 Å². The maximum Gasteiger partial charge on any atom is 0.414 e. The first-order valence-corrected chi connectivity index (χ1v) is 9.54. The van der Waals surface area contributed by atoms with Crippen molar-refractivity contribution in [1.82, 2.24) is 9.80 Å². The van der Waals surface area contributed by atoms with Crippen LogP contribution in [0, 0.1) is 5.82 Å². The summed E-state index contributed by atoms with van der Waals surface area (Å²) >= 11 is 3.57. The minimum absolute atomic E-state index is 0.0926. The zero-order valence-electron chi connectivity index (χ0n) is 15.4. The van der Waals surface area contributed by atoms with Crippen molar-refractivity contribution < 1.29 is 29.0 Å². The molecule has 0 spiro atoms. The van der Waals surface area contributed by atoms with E-state index in [2.05, 4.69) is 26.9 Å². The molecule has 1 heterocycles. The highest BCUT2D eigenvalue weighted by atomic mass is 79.9. The molecule has 0 saturated carbocycles. The molecular weight excluding hydrogens is 447 g/mol. The predicted octanol–water partition coefficient (Wildman–Crippen LogP) is 2.70. The first-order chi connectivity index (χ1) is 13.8. The third-order valence-corrected chi connectivity index (χ3v) is 5.04. The first-order valence-electron chi connectivity index (χ1n) is 8.74. The molecule has 2 aromatic rings. The fourth-order valence-electron chi connectivity index (χ4n) is 2.78. The van der Waals surface area contributed by atoms with Crippen molar-refractivity contribution in [3.8, 4) is 0 Å². The van der Waals surface area contributed by atoms with E-state index in [4.69, 9.17) is 19.8 Å². The summed E-state index contributed by atoms with van der Waals surface area (Å²) in [6.45, 7) is 3.84. The average molecular weight is 467 g/mol. The molecule has 9 heteroatoms. The highest BCUT2D eigenvalue weighted by Gasteiger charge is 2.22. The van der Waals surface area contributed by atoms with E-state index in [1.807, 2.05) is 18.2 Å². The molecule has 1 saturated heterocycles. The van der Waals surface area contributed by atoms with E-state index < -0.39 is 11.9 Å². The Bertz CT molecular complexity index is 873. The molecule has 1 aliphatic rings. The lowest BCUT2D eigenvalue weighted by atomic mass is 10.1. The number of carboxylic acid groups (broad SMARTS) is 2. The smallest absolute Gasteiger partial charge is 0.414 e. The van der Waals surface area contributed by atoms with Crippen LogP contribution >= 0.6 is 15.9 Å². The van der Waals surface area contributed by atoms with Crippen LogP contribution in [0.25, 0.3) is 0 Å². The normalized spacial score (nSPS) is 13.9.